The number of nitrogens with one attached hydrogen (secondary N) is 1. The monoisotopic (exact) mass is 403 g/mol. The van der Waals surface area contributed by atoms with E-state index in [0.717, 1.165) is 17.0 Å². The van der Waals surface area contributed by atoms with E-state index in [2.05, 4.69) is 5.32 Å². The van der Waals surface area contributed by atoms with Crippen LogP contribution in [-0.4, -0.2) is 19.0 Å². The summed E-state index contributed by atoms with van der Waals surface area (Å²) in [6.07, 6.45) is 0. The highest BCUT2D eigenvalue weighted by Crippen LogP contribution is 2.33. The number of carbonyl (C=O) groups excluding carboxylic acids is 2. The average Bonchev–Trinajstić information content (AvgIpc) is 3.02. The molecule has 0 fully saturated rings. The van der Waals surface area contributed by atoms with Gasteiger partial charge >= 0.3 is 5.97 Å². The highest BCUT2D eigenvalue weighted by atomic mass is 32.1. The number of aryl methyl sites for hydroxylation is 1. The van der Waals surface area contributed by atoms with Gasteiger partial charge in [0.15, 0.2) is 10.6 Å². The maximum atomic E-state index is 13.7. The van der Waals surface area contributed by atoms with E-state index in [1.54, 1.807) is 18.2 Å². The molecule has 1 amide bonds. The van der Waals surface area contributed by atoms with Gasteiger partial charge in [0, 0.05) is 10.6 Å². The zero-order valence-corrected chi connectivity index (χ0v) is 15.7. The molecule has 0 aliphatic carbocycles. The first-order valence-corrected chi connectivity index (χ1v) is 8.92. The van der Waals surface area contributed by atoms with Crippen molar-refractivity contribution in [2.45, 2.75) is 6.92 Å². The summed E-state index contributed by atoms with van der Waals surface area (Å²) < 4.78 is 37.8. The lowest BCUT2D eigenvalue weighted by Gasteiger charge is -2.09. The molecular weight excluding hydrogens is 388 g/mol. The molecule has 8 heteroatoms. The van der Waals surface area contributed by atoms with Crippen molar-refractivity contribution in [2.24, 2.45) is 0 Å². The smallest absolute Gasteiger partial charge is 0.351 e. The van der Waals surface area contributed by atoms with Crippen LogP contribution in [0.25, 0.3) is 0 Å². The number of hydrogen-bond donors (Lipinski definition) is 1. The standard InChI is InChI=1S/C20H15F2NO4S/c1-11-10-16(18(28-11)20(25)26-2)27-13-8-6-12(7-9-13)23-19(24)17-14(21)4-3-5-15(17)22/h3-10H,1-2H3,(H,23,24). The van der Waals surface area contributed by atoms with Crippen molar-refractivity contribution >= 4 is 28.9 Å². The maximum absolute atomic E-state index is 13.7. The molecule has 0 spiro atoms. The third-order valence-electron chi connectivity index (χ3n) is 3.72. The highest BCUT2D eigenvalue weighted by molar-refractivity contribution is 7.14. The quantitative estimate of drug-likeness (QED) is 0.597. The molecule has 0 bridgehead atoms. The fourth-order valence-electron chi connectivity index (χ4n) is 2.44. The van der Waals surface area contributed by atoms with Gasteiger partial charge in [0.2, 0.25) is 0 Å². The van der Waals surface area contributed by atoms with Crippen molar-refractivity contribution in [1.82, 2.24) is 0 Å². The van der Waals surface area contributed by atoms with E-state index in [1.807, 2.05) is 6.92 Å². The molecule has 1 heterocycles. The molecule has 1 aromatic heterocycles. The normalized spacial score (nSPS) is 10.4. The van der Waals surface area contributed by atoms with Crippen LogP contribution in [0.3, 0.4) is 0 Å². The van der Waals surface area contributed by atoms with Gasteiger partial charge in [-0.15, -0.1) is 11.3 Å². The number of carbonyl (C=O) groups is 2. The molecular formula is C20H15F2NO4S. The Hall–Kier alpha value is -3.26. The fraction of sp³-hybridized carbons (Fsp3) is 0.100. The molecule has 0 atom stereocenters. The lowest BCUT2D eigenvalue weighted by Crippen LogP contribution is -2.15. The SMILES string of the molecule is COC(=O)c1sc(C)cc1Oc1ccc(NC(=O)c2c(F)cccc2F)cc1. The van der Waals surface area contributed by atoms with Gasteiger partial charge in [-0.1, -0.05) is 6.07 Å². The molecule has 3 aromatic rings. The Balaban J connectivity index is 1.74. The number of esters is 1. The van der Waals surface area contributed by atoms with Crippen LogP contribution in [0.15, 0.2) is 48.5 Å². The minimum absolute atomic E-state index is 0.328. The molecule has 1 N–H and O–H groups in total. The predicted molar refractivity (Wildman–Crippen MR) is 101 cm³/mol. The third-order valence-corrected chi connectivity index (χ3v) is 4.73. The van der Waals surface area contributed by atoms with Crippen molar-refractivity contribution in [3.05, 3.63) is 75.5 Å². The van der Waals surface area contributed by atoms with Crippen LogP contribution in [0.4, 0.5) is 14.5 Å². The lowest BCUT2D eigenvalue weighted by molar-refractivity contribution is 0.0603. The second-order valence-corrected chi connectivity index (χ2v) is 6.98. The van der Waals surface area contributed by atoms with Crippen molar-refractivity contribution < 1.29 is 27.8 Å². The van der Waals surface area contributed by atoms with E-state index in [1.165, 1.54) is 36.6 Å². The molecule has 0 saturated heterocycles. The minimum Gasteiger partial charge on any atom is -0.465 e. The average molecular weight is 403 g/mol. The summed E-state index contributed by atoms with van der Waals surface area (Å²) in [4.78, 5) is 25.1. The third kappa shape index (κ3) is 4.17. The van der Waals surface area contributed by atoms with E-state index in [0.29, 0.717) is 22.1 Å². The minimum atomic E-state index is -0.944. The van der Waals surface area contributed by atoms with Crippen LogP contribution in [0.1, 0.15) is 24.9 Å². The summed E-state index contributed by atoms with van der Waals surface area (Å²) >= 11 is 1.25. The van der Waals surface area contributed by atoms with Crippen LogP contribution in [-0.2, 0) is 4.74 Å². The molecule has 28 heavy (non-hydrogen) atoms. The van der Waals surface area contributed by atoms with Crippen LogP contribution in [0.5, 0.6) is 11.5 Å². The van der Waals surface area contributed by atoms with E-state index < -0.39 is 29.1 Å². The van der Waals surface area contributed by atoms with E-state index >= 15 is 0 Å². The molecule has 3 rings (SSSR count). The number of ether oxygens (including phenoxy) is 2. The molecule has 0 saturated carbocycles. The van der Waals surface area contributed by atoms with Crippen molar-refractivity contribution in [1.29, 1.82) is 0 Å². The maximum Gasteiger partial charge on any atom is 0.351 e. The van der Waals surface area contributed by atoms with Gasteiger partial charge in [-0.3, -0.25) is 4.79 Å². The first-order chi connectivity index (χ1) is 13.4. The molecule has 0 aliphatic heterocycles. The second-order valence-electron chi connectivity index (χ2n) is 5.72. The molecule has 5 nitrogen and oxygen atoms in total. The second kappa shape index (κ2) is 8.18. The zero-order chi connectivity index (χ0) is 20.3. The van der Waals surface area contributed by atoms with Crippen molar-refractivity contribution in [3.63, 3.8) is 0 Å². The van der Waals surface area contributed by atoms with Crippen LogP contribution in [0, 0.1) is 18.6 Å². The van der Waals surface area contributed by atoms with Gasteiger partial charge in [0.05, 0.1) is 7.11 Å². The number of halogens is 2. The van der Waals surface area contributed by atoms with Gasteiger partial charge in [0.25, 0.3) is 5.91 Å². The number of thiophene rings is 1. The van der Waals surface area contributed by atoms with E-state index in [4.69, 9.17) is 9.47 Å². The number of amides is 1. The van der Waals surface area contributed by atoms with Gasteiger partial charge < -0.3 is 14.8 Å². The summed E-state index contributed by atoms with van der Waals surface area (Å²) in [6.45, 7) is 1.84. The summed E-state index contributed by atoms with van der Waals surface area (Å²) in [6, 6.07) is 11.1. The van der Waals surface area contributed by atoms with Gasteiger partial charge in [-0.2, -0.15) is 0 Å². The summed E-state index contributed by atoms with van der Waals surface area (Å²) in [5.74, 6) is -2.51. The van der Waals surface area contributed by atoms with Crippen LogP contribution >= 0.6 is 11.3 Å². The van der Waals surface area contributed by atoms with Crippen molar-refractivity contribution in [2.75, 3.05) is 12.4 Å². The number of anilines is 1. The predicted octanol–water partition coefficient (Wildman–Crippen LogP) is 5.17. The summed E-state index contributed by atoms with van der Waals surface area (Å²) in [5, 5.41) is 2.43. The molecule has 144 valence electrons. The first-order valence-electron chi connectivity index (χ1n) is 8.11. The zero-order valence-electron chi connectivity index (χ0n) is 14.9. The Morgan fingerprint density at radius 3 is 2.29 bits per heavy atom. The summed E-state index contributed by atoms with van der Waals surface area (Å²) in [7, 11) is 1.29. The molecule has 2 aromatic carbocycles. The first kappa shape index (κ1) is 19.5. The molecule has 0 aliphatic rings. The Morgan fingerprint density at radius 2 is 1.68 bits per heavy atom. The highest BCUT2D eigenvalue weighted by Gasteiger charge is 2.19. The van der Waals surface area contributed by atoms with Crippen molar-refractivity contribution in [3.8, 4) is 11.5 Å². The Labute approximate surface area is 163 Å². The number of methoxy groups -OCH3 is 1. The lowest BCUT2D eigenvalue weighted by atomic mass is 10.1. The number of rotatable bonds is 5. The number of benzene rings is 2. The van der Waals surface area contributed by atoms with Crippen LogP contribution in [0.2, 0.25) is 0 Å². The van der Waals surface area contributed by atoms with Gasteiger partial charge in [-0.25, -0.2) is 13.6 Å². The largest absolute Gasteiger partial charge is 0.465 e. The Morgan fingerprint density at radius 1 is 1.04 bits per heavy atom. The van der Waals surface area contributed by atoms with Gasteiger partial charge in [-0.05, 0) is 49.4 Å². The number of hydrogen-bond acceptors (Lipinski definition) is 5. The van der Waals surface area contributed by atoms with E-state index in [-0.39, 0.29) is 0 Å². The van der Waals surface area contributed by atoms with E-state index in [9.17, 15) is 18.4 Å². The fourth-order valence-corrected chi connectivity index (χ4v) is 3.30. The molecule has 0 radical (unpaired) electrons. The van der Waals surface area contributed by atoms with Gasteiger partial charge in [0.1, 0.15) is 22.9 Å². The Kier molecular flexibility index (Phi) is 5.70. The topological polar surface area (TPSA) is 64.6 Å². The van der Waals surface area contributed by atoms with Crippen LogP contribution < -0.4 is 10.1 Å². The Bertz CT molecular complexity index is 1010. The molecule has 0 unspecified atom stereocenters. The summed E-state index contributed by atoms with van der Waals surface area (Å²) in [5.41, 5.74) is -0.325.